The Morgan fingerprint density at radius 1 is 1.00 bits per heavy atom. The molecule has 6 rings (SSSR count). The second kappa shape index (κ2) is 14.7. The molecule has 0 unspecified atom stereocenters. The Morgan fingerprint density at radius 2 is 1.73 bits per heavy atom. The van der Waals surface area contributed by atoms with E-state index in [-0.39, 0.29) is 37.3 Å². The van der Waals surface area contributed by atoms with Crippen LogP contribution >= 0.6 is 15.9 Å². The number of anilines is 1. The number of nitrogens with zero attached hydrogens (tertiary/aromatic N) is 3. The predicted molar refractivity (Wildman–Crippen MR) is 197 cm³/mol. The number of likely N-dealkylation sites (N-methyl/N-ethyl adjacent to an activating group) is 1. The highest BCUT2D eigenvalue weighted by Crippen LogP contribution is 2.59. The van der Waals surface area contributed by atoms with E-state index in [1.165, 1.54) is 4.90 Å². The summed E-state index contributed by atoms with van der Waals surface area (Å²) in [7, 11) is 1.71. The summed E-state index contributed by atoms with van der Waals surface area (Å²) in [4.78, 5) is 63.1. The van der Waals surface area contributed by atoms with Crippen LogP contribution in [0.1, 0.15) is 62.8 Å². The summed E-state index contributed by atoms with van der Waals surface area (Å²) in [6.45, 7) is 9.55. The van der Waals surface area contributed by atoms with E-state index in [0.29, 0.717) is 28.6 Å². The molecule has 0 aliphatic carbocycles. The van der Waals surface area contributed by atoms with Crippen molar-refractivity contribution in [3.63, 3.8) is 0 Å². The first-order valence-electron chi connectivity index (χ1n) is 17.8. The highest BCUT2D eigenvalue weighted by Gasteiger charge is 2.75. The fourth-order valence-electron chi connectivity index (χ4n) is 8.29. The molecule has 4 heterocycles. The lowest BCUT2D eigenvalue weighted by Crippen LogP contribution is -2.59. The maximum atomic E-state index is 15.3. The molecule has 1 spiro atoms. The number of aliphatic hydroxyl groups excluding tert-OH is 1. The number of fused-ring (bicyclic) bond motifs is 2. The number of hydrogen-bond donors (Lipinski definition) is 1. The second-order valence-corrected chi connectivity index (χ2v) is 15.7. The van der Waals surface area contributed by atoms with Gasteiger partial charge in [0.25, 0.3) is 5.91 Å². The van der Waals surface area contributed by atoms with E-state index in [9.17, 15) is 19.5 Å². The topological polar surface area (TPSA) is 117 Å². The van der Waals surface area contributed by atoms with Crippen LogP contribution in [-0.2, 0) is 28.7 Å². The molecule has 2 saturated heterocycles. The summed E-state index contributed by atoms with van der Waals surface area (Å²) >= 11 is 3.64. The average Bonchev–Trinajstić information content (AvgIpc) is 3.70. The van der Waals surface area contributed by atoms with E-state index in [1.54, 1.807) is 22.9 Å². The van der Waals surface area contributed by atoms with Gasteiger partial charge in [0.2, 0.25) is 11.8 Å². The molecule has 3 amide bonds. The molecule has 1 N–H and O–H groups in total. The molecule has 11 heteroatoms. The number of cyclic esters (lactones) is 1. The smallest absolute Gasteiger partial charge is 0.313 e. The van der Waals surface area contributed by atoms with Crippen LogP contribution in [0, 0.1) is 31.6 Å². The van der Waals surface area contributed by atoms with Gasteiger partial charge in [-0.3, -0.25) is 19.2 Å². The first kappa shape index (κ1) is 37.0. The van der Waals surface area contributed by atoms with Gasteiger partial charge in [-0.15, -0.1) is 0 Å². The van der Waals surface area contributed by atoms with Gasteiger partial charge in [-0.05, 0) is 68.4 Å². The van der Waals surface area contributed by atoms with Crippen LogP contribution in [0.5, 0.6) is 0 Å². The molecule has 51 heavy (non-hydrogen) atoms. The second-order valence-electron chi connectivity index (χ2n) is 14.8. The van der Waals surface area contributed by atoms with Crippen LogP contribution < -0.4 is 4.90 Å². The van der Waals surface area contributed by atoms with Crippen molar-refractivity contribution in [2.75, 3.05) is 25.1 Å². The fourth-order valence-corrected chi connectivity index (χ4v) is 9.02. The Morgan fingerprint density at radius 3 is 2.41 bits per heavy atom. The normalized spacial score (nSPS) is 31.2. The van der Waals surface area contributed by atoms with Crippen molar-refractivity contribution in [2.24, 2.45) is 17.8 Å². The van der Waals surface area contributed by atoms with Crippen molar-refractivity contribution >= 4 is 45.3 Å². The third-order valence-corrected chi connectivity index (χ3v) is 11.6. The van der Waals surface area contributed by atoms with E-state index >= 15 is 4.79 Å². The SMILES string of the molecule is Cc1ccc(C)c(N2C/C=C\CCC(=O)N(C)[C@H](C)[C@@H](c3ccccc3)OC(=O)[C@@H]3[C@H]4O[C@@]5(C=C4Br)[C@H](C2=O)N([C@@H](CO)CC(C)C)C(=O)[C@@H]35)c1. The Labute approximate surface area is 308 Å². The summed E-state index contributed by atoms with van der Waals surface area (Å²) in [6, 6.07) is 12.7. The molecule has 2 aromatic rings. The highest BCUT2D eigenvalue weighted by atomic mass is 79.9. The first-order valence-corrected chi connectivity index (χ1v) is 18.6. The number of benzene rings is 2. The molecule has 2 fully saturated rings. The Hall–Kier alpha value is -3.80. The average molecular weight is 763 g/mol. The first-order chi connectivity index (χ1) is 24.3. The fraction of sp³-hybridized carbons (Fsp3) is 0.500. The van der Waals surface area contributed by atoms with Gasteiger partial charge in [-0.25, -0.2) is 0 Å². The number of likely N-dealkylation sites (tertiary alicyclic amines) is 1. The zero-order valence-electron chi connectivity index (χ0n) is 30.1. The van der Waals surface area contributed by atoms with Crippen LogP contribution in [0.3, 0.4) is 0 Å². The molecule has 4 aliphatic heterocycles. The van der Waals surface area contributed by atoms with Gasteiger partial charge in [0, 0.05) is 30.2 Å². The van der Waals surface area contributed by atoms with Gasteiger partial charge >= 0.3 is 5.97 Å². The van der Waals surface area contributed by atoms with Crippen LogP contribution in [0.4, 0.5) is 5.69 Å². The van der Waals surface area contributed by atoms with Crippen molar-refractivity contribution in [2.45, 2.75) is 89.8 Å². The number of aliphatic hydroxyl groups is 1. The molecule has 4 aliphatic rings. The highest BCUT2D eigenvalue weighted by molar-refractivity contribution is 9.11. The number of halogens is 1. The van der Waals surface area contributed by atoms with Gasteiger partial charge in [0.05, 0.1) is 24.6 Å². The molecular weight excluding hydrogens is 714 g/mol. The van der Waals surface area contributed by atoms with Gasteiger partial charge in [0.15, 0.2) is 0 Å². The number of aryl methyl sites for hydroxylation is 2. The molecule has 0 saturated carbocycles. The van der Waals surface area contributed by atoms with E-state index in [1.807, 2.05) is 95.3 Å². The molecule has 2 aromatic carbocycles. The van der Waals surface area contributed by atoms with E-state index in [4.69, 9.17) is 9.47 Å². The minimum atomic E-state index is -1.50. The monoisotopic (exact) mass is 761 g/mol. The van der Waals surface area contributed by atoms with Gasteiger partial charge < -0.3 is 29.3 Å². The van der Waals surface area contributed by atoms with Crippen LogP contribution in [0.25, 0.3) is 0 Å². The summed E-state index contributed by atoms with van der Waals surface area (Å²) in [6.07, 6.45) is 4.96. The maximum absolute atomic E-state index is 15.3. The standard InChI is InChI=1S/C40H48BrN3O7/c1-23(2)19-28(22-45)44-36-38(48)43(30-20-24(3)16-17-25(30)4)18-12-8-11-15-31(46)42(6)26(5)34(27-13-9-7-10-14-27)50-39(49)32-33(37(44)47)40(36)21-29(41)35(32)51-40/h7-10,12-14,16-17,20-21,23,26,28,32-36,45H,11,15,18-19,22H2,1-6H3/b12-8-/t26-,28-,32+,33-,34+,35+,36+,40-/m1/s1. The summed E-state index contributed by atoms with van der Waals surface area (Å²) in [5.41, 5.74) is 1.71. The third-order valence-electron chi connectivity index (χ3n) is 10.9. The molecule has 10 nitrogen and oxygen atoms in total. The molecule has 8 atom stereocenters. The van der Waals surface area contributed by atoms with Gasteiger partial charge in [0.1, 0.15) is 29.8 Å². The predicted octanol–water partition coefficient (Wildman–Crippen LogP) is 5.40. The zero-order chi connectivity index (χ0) is 36.8. The van der Waals surface area contributed by atoms with Gasteiger partial charge in [-0.2, -0.15) is 0 Å². The minimum absolute atomic E-state index is 0.0975. The van der Waals surface area contributed by atoms with Crippen molar-refractivity contribution in [1.82, 2.24) is 9.80 Å². The largest absolute Gasteiger partial charge is 0.455 e. The molecular formula is C40H48BrN3O7. The van der Waals surface area contributed by atoms with Crippen LogP contribution in [0.15, 0.2) is 71.2 Å². The maximum Gasteiger partial charge on any atom is 0.313 e. The lowest BCUT2D eigenvalue weighted by Gasteiger charge is -2.39. The summed E-state index contributed by atoms with van der Waals surface area (Å²) in [5, 5.41) is 10.8. The molecule has 272 valence electrons. The lowest BCUT2D eigenvalue weighted by molar-refractivity contribution is -0.164. The van der Waals surface area contributed by atoms with E-state index in [2.05, 4.69) is 15.9 Å². The summed E-state index contributed by atoms with van der Waals surface area (Å²) < 4.78 is 13.7. The number of amides is 3. The van der Waals surface area contributed by atoms with Crippen LogP contribution in [0.2, 0.25) is 0 Å². The van der Waals surface area contributed by atoms with Crippen molar-refractivity contribution in [1.29, 1.82) is 0 Å². The van der Waals surface area contributed by atoms with Crippen molar-refractivity contribution in [3.8, 4) is 0 Å². The third kappa shape index (κ3) is 6.57. The number of carbonyl (C=O) groups excluding carboxylic acids is 4. The molecule has 0 radical (unpaired) electrons. The number of esters is 1. The Balaban J connectivity index is 1.53. The number of ether oxygens (including phenoxy) is 2. The number of hydrogen-bond acceptors (Lipinski definition) is 7. The van der Waals surface area contributed by atoms with Gasteiger partial charge in [-0.1, -0.05) is 84.4 Å². The molecule has 0 aromatic heterocycles. The summed E-state index contributed by atoms with van der Waals surface area (Å²) in [5.74, 6) is -3.64. The van der Waals surface area contributed by atoms with E-state index < -0.39 is 59.6 Å². The Kier molecular flexibility index (Phi) is 10.6. The quantitative estimate of drug-likeness (QED) is 0.310. The number of carbonyl (C=O) groups is 4. The molecule has 5 bridgehead atoms. The zero-order valence-corrected chi connectivity index (χ0v) is 31.7. The minimum Gasteiger partial charge on any atom is -0.455 e. The van der Waals surface area contributed by atoms with Crippen LogP contribution in [-0.4, -0.2) is 88.6 Å². The Bertz CT molecular complexity index is 1740. The number of rotatable bonds is 6. The van der Waals surface area contributed by atoms with Crippen molar-refractivity contribution < 1.29 is 33.8 Å². The van der Waals surface area contributed by atoms with Crippen molar-refractivity contribution in [3.05, 3.63) is 87.9 Å². The van der Waals surface area contributed by atoms with E-state index in [0.717, 1.165) is 11.1 Å². The lowest BCUT2D eigenvalue weighted by atomic mass is 9.74. The number of allylic oxidation sites excluding steroid dienone is 1.